The highest BCUT2D eigenvalue weighted by atomic mass is 16.2. The van der Waals surface area contributed by atoms with Gasteiger partial charge in [-0.05, 0) is 40.8 Å². The van der Waals surface area contributed by atoms with E-state index in [4.69, 9.17) is 0 Å². The van der Waals surface area contributed by atoms with Crippen LogP contribution in [-0.4, -0.2) is 60.5 Å². The van der Waals surface area contributed by atoms with E-state index in [0.717, 1.165) is 25.9 Å². The number of rotatable bonds is 5. The first-order valence-electron chi connectivity index (χ1n) is 6.96. The van der Waals surface area contributed by atoms with Crippen molar-refractivity contribution in [3.8, 4) is 0 Å². The van der Waals surface area contributed by atoms with Crippen LogP contribution in [0.2, 0.25) is 0 Å². The smallest absolute Gasteiger partial charge is 0.239 e. The molecule has 0 bridgehead atoms. The van der Waals surface area contributed by atoms with Crippen molar-refractivity contribution in [1.29, 1.82) is 0 Å². The van der Waals surface area contributed by atoms with Crippen molar-refractivity contribution in [3.63, 3.8) is 0 Å². The molecule has 1 amide bonds. The third kappa shape index (κ3) is 3.95. The van der Waals surface area contributed by atoms with Crippen molar-refractivity contribution >= 4 is 5.91 Å². The Labute approximate surface area is 112 Å². The number of hydrogen-bond donors (Lipinski definition) is 1. The third-order valence-corrected chi connectivity index (χ3v) is 3.85. The summed E-state index contributed by atoms with van der Waals surface area (Å²) in [6.07, 6.45) is 2.07. The van der Waals surface area contributed by atoms with Crippen LogP contribution in [0.5, 0.6) is 0 Å². The number of carbonyl (C=O) groups is 1. The maximum Gasteiger partial charge on any atom is 0.239 e. The van der Waals surface area contributed by atoms with Crippen LogP contribution in [0.4, 0.5) is 0 Å². The Morgan fingerprint density at radius 3 is 2.56 bits per heavy atom. The van der Waals surface area contributed by atoms with E-state index in [2.05, 4.69) is 52.0 Å². The summed E-state index contributed by atoms with van der Waals surface area (Å²) in [5.74, 6) is 0.268. The van der Waals surface area contributed by atoms with Crippen LogP contribution in [0.1, 0.15) is 40.5 Å². The van der Waals surface area contributed by atoms with E-state index in [1.807, 2.05) is 4.90 Å². The molecule has 1 aliphatic heterocycles. The number of likely N-dealkylation sites (N-methyl/N-ethyl adjacent to an activating group) is 1. The van der Waals surface area contributed by atoms with E-state index >= 15 is 0 Å². The van der Waals surface area contributed by atoms with Gasteiger partial charge in [0.05, 0.1) is 6.04 Å². The molecule has 1 unspecified atom stereocenters. The minimum atomic E-state index is 0.0108. The number of hydrogen-bond acceptors (Lipinski definition) is 3. The van der Waals surface area contributed by atoms with Gasteiger partial charge in [-0.3, -0.25) is 4.79 Å². The van der Waals surface area contributed by atoms with Crippen molar-refractivity contribution in [2.45, 2.75) is 58.2 Å². The van der Waals surface area contributed by atoms with E-state index < -0.39 is 0 Å². The van der Waals surface area contributed by atoms with Crippen LogP contribution in [0, 0.1) is 0 Å². The van der Waals surface area contributed by atoms with E-state index in [9.17, 15) is 4.79 Å². The molecular formula is C14H29N3O. The lowest BCUT2D eigenvalue weighted by Crippen LogP contribution is -2.57. The molecule has 0 radical (unpaired) electrons. The highest BCUT2D eigenvalue weighted by Crippen LogP contribution is 2.18. The standard InChI is InChI=1S/C14H29N3O/c1-11(2)15-12-8-7-9-17(13(12)18)10-14(3,4)16(5)6/h11-12,15H,7-10H2,1-6H3. The molecule has 0 aromatic carbocycles. The van der Waals surface area contributed by atoms with Crippen LogP contribution in [0.25, 0.3) is 0 Å². The SMILES string of the molecule is CC(C)NC1CCCN(CC(C)(C)N(C)C)C1=O. The normalized spacial score (nSPS) is 22.1. The predicted octanol–water partition coefficient (Wildman–Crippen LogP) is 1.32. The van der Waals surface area contributed by atoms with E-state index in [0.29, 0.717) is 6.04 Å². The fourth-order valence-electron chi connectivity index (χ4n) is 2.26. The lowest BCUT2D eigenvalue weighted by molar-refractivity contribution is -0.137. The van der Waals surface area contributed by atoms with Crippen molar-refractivity contribution in [2.24, 2.45) is 0 Å². The highest BCUT2D eigenvalue weighted by molar-refractivity contribution is 5.82. The summed E-state index contributed by atoms with van der Waals surface area (Å²) < 4.78 is 0. The first kappa shape index (κ1) is 15.4. The highest BCUT2D eigenvalue weighted by Gasteiger charge is 2.33. The summed E-state index contributed by atoms with van der Waals surface area (Å²) in [7, 11) is 4.14. The zero-order chi connectivity index (χ0) is 13.9. The fraction of sp³-hybridized carbons (Fsp3) is 0.929. The Bertz CT molecular complexity index is 287. The van der Waals surface area contributed by atoms with Crippen LogP contribution in [0.15, 0.2) is 0 Å². The molecule has 1 heterocycles. The number of amides is 1. The summed E-state index contributed by atoms with van der Waals surface area (Å²) in [5, 5.41) is 3.37. The fourth-order valence-corrected chi connectivity index (χ4v) is 2.26. The predicted molar refractivity (Wildman–Crippen MR) is 75.6 cm³/mol. The molecule has 0 saturated carbocycles. The first-order valence-corrected chi connectivity index (χ1v) is 6.96. The monoisotopic (exact) mass is 255 g/mol. The van der Waals surface area contributed by atoms with E-state index in [1.54, 1.807) is 0 Å². The molecule has 0 spiro atoms. The van der Waals surface area contributed by atoms with Crippen molar-refractivity contribution in [3.05, 3.63) is 0 Å². The molecule has 0 aromatic heterocycles. The van der Waals surface area contributed by atoms with Gasteiger partial charge in [0.15, 0.2) is 0 Å². The topological polar surface area (TPSA) is 35.6 Å². The average Bonchev–Trinajstić information content (AvgIpc) is 2.23. The quantitative estimate of drug-likeness (QED) is 0.805. The second kappa shape index (κ2) is 6.02. The number of nitrogens with zero attached hydrogens (tertiary/aromatic N) is 2. The molecule has 4 heteroatoms. The molecule has 0 aliphatic carbocycles. The summed E-state index contributed by atoms with van der Waals surface area (Å²) >= 11 is 0. The van der Waals surface area contributed by atoms with Crippen LogP contribution in [-0.2, 0) is 4.79 Å². The lowest BCUT2D eigenvalue weighted by Gasteiger charge is -2.41. The van der Waals surface area contributed by atoms with Crippen molar-refractivity contribution in [1.82, 2.24) is 15.1 Å². The molecule has 0 aromatic rings. The Morgan fingerprint density at radius 2 is 2.06 bits per heavy atom. The van der Waals surface area contributed by atoms with Gasteiger partial charge in [0.2, 0.25) is 5.91 Å². The van der Waals surface area contributed by atoms with Gasteiger partial charge in [0, 0.05) is 24.7 Å². The largest absolute Gasteiger partial charge is 0.340 e. The molecule has 1 aliphatic rings. The zero-order valence-corrected chi connectivity index (χ0v) is 12.8. The molecule has 1 rings (SSSR count). The van der Waals surface area contributed by atoms with Crippen LogP contribution < -0.4 is 5.32 Å². The summed E-state index contributed by atoms with van der Waals surface area (Å²) in [6.45, 7) is 10.2. The van der Waals surface area contributed by atoms with Gasteiger partial charge in [0.1, 0.15) is 0 Å². The second-order valence-corrected chi connectivity index (χ2v) is 6.48. The Hall–Kier alpha value is -0.610. The van der Waals surface area contributed by atoms with E-state index in [1.165, 1.54) is 0 Å². The molecule has 1 fully saturated rings. The number of likely N-dealkylation sites (tertiary alicyclic amines) is 1. The average molecular weight is 255 g/mol. The lowest BCUT2D eigenvalue weighted by atomic mass is 9.98. The first-order chi connectivity index (χ1) is 8.24. The Kier molecular flexibility index (Phi) is 5.17. The summed E-state index contributed by atoms with van der Waals surface area (Å²) in [6, 6.07) is 0.373. The van der Waals surface area contributed by atoms with E-state index in [-0.39, 0.29) is 17.5 Å². The third-order valence-electron chi connectivity index (χ3n) is 3.85. The van der Waals surface area contributed by atoms with Crippen LogP contribution in [0.3, 0.4) is 0 Å². The molecular weight excluding hydrogens is 226 g/mol. The van der Waals surface area contributed by atoms with Crippen molar-refractivity contribution < 1.29 is 4.79 Å². The van der Waals surface area contributed by atoms with Gasteiger partial charge < -0.3 is 15.1 Å². The molecule has 1 atom stereocenters. The molecule has 4 nitrogen and oxygen atoms in total. The van der Waals surface area contributed by atoms with Gasteiger partial charge in [-0.1, -0.05) is 13.8 Å². The Balaban J connectivity index is 2.64. The zero-order valence-electron chi connectivity index (χ0n) is 12.8. The van der Waals surface area contributed by atoms with Gasteiger partial charge in [0.25, 0.3) is 0 Å². The Morgan fingerprint density at radius 1 is 1.44 bits per heavy atom. The summed E-state index contributed by atoms with van der Waals surface area (Å²) in [5.41, 5.74) is 0.0232. The molecule has 1 N–H and O–H groups in total. The van der Waals surface area contributed by atoms with Gasteiger partial charge in [-0.15, -0.1) is 0 Å². The summed E-state index contributed by atoms with van der Waals surface area (Å²) in [4.78, 5) is 16.6. The van der Waals surface area contributed by atoms with Gasteiger partial charge in [-0.2, -0.15) is 0 Å². The number of carbonyl (C=O) groups excluding carboxylic acids is 1. The minimum Gasteiger partial charge on any atom is -0.340 e. The second-order valence-electron chi connectivity index (χ2n) is 6.48. The number of nitrogens with one attached hydrogen (secondary N) is 1. The maximum absolute atomic E-state index is 12.4. The molecule has 18 heavy (non-hydrogen) atoms. The maximum atomic E-state index is 12.4. The number of piperidine rings is 1. The molecule has 106 valence electrons. The minimum absolute atomic E-state index is 0.0108. The van der Waals surface area contributed by atoms with Crippen LogP contribution >= 0.6 is 0 Å². The van der Waals surface area contributed by atoms with Gasteiger partial charge in [-0.25, -0.2) is 0 Å². The van der Waals surface area contributed by atoms with Gasteiger partial charge >= 0.3 is 0 Å². The molecule has 1 saturated heterocycles. The van der Waals surface area contributed by atoms with Crippen molar-refractivity contribution in [2.75, 3.05) is 27.2 Å².